The molecule has 3 heterocycles. The predicted octanol–water partition coefficient (Wildman–Crippen LogP) is 6.77. The molecule has 1 unspecified atom stereocenters. The van der Waals surface area contributed by atoms with E-state index in [0.717, 1.165) is 38.2 Å². The molecule has 0 aliphatic carbocycles. The zero-order valence-corrected chi connectivity index (χ0v) is 22.2. The van der Waals surface area contributed by atoms with E-state index in [9.17, 15) is 9.59 Å². The largest absolute Gasteiger partial charge is 0.300 e. The Balaban J connectivity index is 1.48. The van der Waals surface area contributed by atoms with Gasteiger partial charge in [-0.1, -0.05) is 65.3 Å². The molecule has 176 valence electrons. The summed E-state index contributed by atoms with van der Waals surface area (Å²) in [6.07, 6.45) is 2.25. The molecule has 35 heavy (non-hydrogen) atoms. The highest BCUT2D eigenvalue weighted by atomic mass is 79.9. The van der Waals surface area contributed by atoms with Crippen molar-refractivity contribution in [3.63, 3.8) is 0 Å². The molecule has 1 amide bonds. The minimum atomic E-state index is -0.758. The first-order valence-electron chi connectivity index (χ1n) is 11.1. The number of thiophene rings is 1. The molecule has 3 aromatic heterocycles. The molecule has 2 aromatic carbocycles. The summed E-state index contributed by atoms with van der Waals surface area (Å²) in [5.41, 5.74) is 3.40. The summed E-state index contributed by atoms with van der Waals surface area (Å²) >= 11 is 6.35. The van der Waals surface area contributed by atoms with Gasteiger partial charge in [0.05, 0.1) is 17.4 Å². The van der Waals surface area contributed by atoms with Crippen LogP contribution in [0.15, 0.2) is 75.6 Å². The van der Waals surface area contributed by atoms with Crippen molar-refractivity contribution in [1.82, 2.24) is 14.5 Å². The van der Waals surface area contributed by atoms with Gasteiger partial charge in [-0.05, 0) is 31.0 Å². The summed E-state index contributed by atoms with van der Waals surface area (Å²) in [6.45, 7) is 3.77. The molecular formula is C26H21BrN4O2S2. The second-order valence-corrected chi connectivity index (χ2v) is 10.8. The van der Waals surface area contributed by atoms with Crippen molar-refractivity contribution in [2.75, 3.05) is 5.32 Å². The smallest absolute Gasteiger partial charge is 0.263 e. The summed E-state index contributed by atoms with van der Waals surface area (Å²) in [7, 11) is 0. The number of fused-ring (bicyclic) bond motifs is 1. The van der Waals surface area contributed by atoms with Crippen molar-refractivity contribution in [1.29, 1.82) is 0 Å². The van der Waals surface area contributed by atoms with Gasteiger partial charge in [0.25, 0.3) is 5.56 Å². The van der Waals surface area contributed by atoms with E-state index in [1.54, 1.807) is 6.92 Å². The van der Waals surface area contributed by atoms with E-state index in [1.165, 1.54) is 33.6 Å². The third kappa shape index (κ3) is 4.59. The number of hydrogen-bond acceptors (Lipinski definition) is 6. The van der Waals surface area contributed by atoms with Crippen molar-refractivity contribution in [2.45, 2.75) is 26.3 Å². The van der Waals surface area contributed by atoms with E-state index in [1.807, 2.05) is 60.0 Å². The molecule has 5 aromatic rings. The molecule has 0 bridgehead atoms. The van der Waals surface area contributed by atoms with Crippen molar-refractivity contribution in [3.8, 4) is 22.4 Å². The lowest BCUT2D eigenvalue weighted by molar-refractivity contribution is -0.118. The van der Waals surface area contributed by atoms with E-state index < -0.39 is 6.04 Å². The number of carbonyl (C=O) groups excluding carboxylic acids is 1. The summed E-state index contributed by atoms with van der Waals surface area (Å²) in [5.74, 6) is -0.321. The number of rotatable bonds is 6. The second kappa shape index (κ2) is 9.85. The van der Waals surface area contributed by atoms with E-state index in [4.69, 9.17) is 0 Å². The van der Waals surface area contributed by atoms with Crippen LogP contribution in [0.4, 0.5) is 5.13 Å². The number of halogens is 1. The molecule has 0 spiro atoms. The van der Waals surface area contributed by atoms with Gasteiger partial charge in [0.15, 0.2) is 5.13 Å². The minimum absolute atomic E-state index is 0.226. The molecule has 0 aliphatic heterocycles. The number of benzene rings is 2. The number of aromatic nitrogens is 3. The van der Waals surface area contributed by atoms with Crippen LogP contribution in [0, 0.1) is 0 Å². The van der Waals surface area contributed by atoms with Gasteiger partial charge in [0.1, 0.15) is 10.9 Å². The molecule has 6 nitrogen and oxygen atoms in total. The number of aryl methyl sites for hydroxylation is 1. The first-order chi connectivity index (χ1) is 17.0. The third-order valence-electron chi connectivity index (χ3n) is 5.76. The highest BCUT2D eigenvalue weighted by molar-refractivity contribution is 9.10. The van der Waals surface area contributed by atoms with Gasteiger partial charge >= 0.3 is 0 Å². The van der Waals surface area contributed by atoms with Gasteiger partial charge in [0.2, 0.25) is 5.91 Å². The Hall–Kier alpha value is -3.14. The lowest BCUT2D eigenvalue weighted by Gasteiger charge is -2.14. The Bertz CT molecular complexity index is 1570. The number of nitrogens with one attached hydrogen (secondary N) is 1. The SMILES string of the molecule is CCc1sc2ncn(C(C)C(=O)Nc3nc(-c4ccccc4)cs3)c(=O)c2c1-c1ccc(Br)cc1. The lowest BCUT2D eigenvalue weighted by atomic mass is 10.0. The molecule has 1 atom stereocenters. The van der Waals surface area contributed by atoms with Crippen LogP contribution >= 0.6 is 38.6 Å². The Labute approximate surface area is 218 Å². The number of nitrogens with zero attached hydrogens (tertiary/aromatic N) is 3. The van der Waals surface area contributed by atoms with Crippen LogP contribution in [-0.4, -0.2) is 20.4 Å². The van der Waals surface area contributed by atoms with E-state index >= 15 is 0 Å². The number of hydrogen-bond donors (Lipinski definition) is 1. The quantitative estimate of drug-likeness (QED) is 0.247. The average molecular weight is 566 g/mol. The monoisotopic (exact) mass is 564 g/mol. The number of anilines is 1. The third-order valence-corrected chi connectivity index (χ3v) is 8.29. The molecule has 0 radical (unpaired) electrons. The first kappa shape index (κ1) is 23.6. The van der Waals surface area contributed by atoms with Crippen LogP contribution in [0.2, 0.25) is 0 Å². The molecule has 5 rings (SSSR count). The Kier molecular flexibility index (Phi) is 6.64. The summed E-state index contributed by atoms with van der Waals surface area (Å²) in [6, 6.07) is 16.9. The van der Waals surface area contributed by atoms with E-state index in [-0.39, 0.29) is 11.5 Å². The van der Waals surface area contributed by atoms with Crippen LogP contribution in [0.1, 0.15) is 24.8 Å². The second-order valence-electron chi connectivity index (χ2n) is 7.97. The number of thiazole rings is 1. The Morgan fingerprint density at radius 3 is 2.57 bits per heavy atom. The fourth-order valence-corrected chi connectivity index (χ4v) is 5.98. The molecule has 1 N–H and O–H groups in total. The van der Waals surface area contributed by atoms with Gasteiger partial charge in [-0.25, -0.2) is 9.97 Å². The minimum Gasteiger partial charge on any atom is -0.300 e. The van der Waals surface area contributed by atoms with Crippen LogP contribution in [0.25, 0.3) is 32.6 Å². The van der Waals surface area contributed by atoms with Gasteiger partial charge in [-0.3, -0.25) is 14.2 Å². The fraction of sp³-hybridized carbons (Fsp3) is 0.154. The van der Waals surface area contributed by atoms with Gasteiger partial charge in [-0.15, -0.1) is 22.7 Å². The normalized spacial score (nSPS) is 12.1. The zero-order valence-electron chi connectivity index (χ0n) is 19.0. The molecule has 0 saturated heterocycles. The van der Waals surface area contributed by atoms with Crippen molar-refractivity contribution in [3.05, 3.63) is 86.0 Å². The molecule has 0 aliphatic rings. The van der Waals surface area contributed by atoms with Crippen molar-refractivity contribution >= 4 is 59.9 Å². The maximum Gasteiger partial charge on any atom is 0.263 e. The molecular weight excluding hydrogens is 544 g/mol. The van der Waals surface area contributed by atoms with Crippen LogP contribution in [0.5, 0.6) is 0 Å². The van der Waals surface area contributed by atoms with Crippen LogP contribution in [0.3, 0.4) is 0 Å². The topological polar surface area (TPSA) is 76.9 Å². The standard InChI is InChI=1S/C26H21BrN4O2S2/c1-3-20-21(17-9-11-18(27)12-10-17)22-24(35-20)28-14-31(25(22)33)15(2)23(32)30-26-29-19(13-34-26)16-7-5-4-6-8-16/h4-15H,3H2,1-2H3,(H,29,30,32). The van der Waals surface area contributed by atoms with Crippen molar-refractivity contribution < 1.29 is 4.79 Å². The first-order valence-corrected chi connectivity index (χ1v) is 13.6. The Morgan fingerprint density at radius 2 is 1.86 bits per heavy atom. The summed E-state index contributed by atoms with van der Waals surface area (Å²) < 4.78 is 2.37. The fourth-order valence-electron chi connectivity index (χ4n) is 3.91. The summed E-state index contributed by atoms with van der Waals surface area (Å²) in [5, 5.41) is 5.79. The maximum absolute atomic E-state index is 13.6. The molecule has 0 saturated carbocycles. The van der Waals surface area contributed by atoms with Gasteiger partial charge in [0, 0.05) is 25.9 Å². The molecule has 9 heteroatoms. The van der Waals surface area contributed by atoms with Crippen LogP contribution in [-0.2, 0) is 11.2 Å². The average Bonchev–Trinajstić information content (AvgIpc) is 3.50. The van der Waals surface area contributed by atoms with E-state index in [0.29, 0.717) is 15.3 Å². The highest BCUT2D eigenvalue weighted by Crippen LogP contribution is 2.37. The van der Waals surface area contributed by atoms with Crippen molar-refractivity contribution in [2.24, 2.45) is 0 Å². The summed E-state index contributed by atoms with van der Waals surface area (Å²) in [4.78, 5) is 37.6. The highest BCUT2D eigenvalue weighted by Gasteiger charge is 2.23. The van der Waals surface area contributed by atoms with Gasteiger partial charge in [-0.2, -0.15) is 0 Å². The number of amides is 1. The Morgan fingerprint density at radius 1 is 1.11 bits per heavy atom. The lowest BCUT2D eigenvalue weighted by Crippen LogP contribution is -2.31. The predicted molar refractivity (Wildman–Crippen MR) is 147 cm³/mol. The maximum atomic E-state index is 13.6. The van der Waals surface area contributed by atoms with Crippen LogP contribution < -0.4 is 10.9 Å². The van der Waals surface area contributed by atoms with E-state index in [2.05, 4.69) is 38.1 Å². The van der Waals surface area contributed by atoms with Gasteiger partial charge < -0.3 is 5.32 Å². The zero-order chi connectivity index (χ0) is 24.5. The molecule has 0 fully saturated rings. The number of carbonyl (C=O) groups is 1.